The van der Waals surface area contributed by atoms with Crippen LogP contribution < -0.4 is 5.32 Å². The number of anilines is 1. The number of pyridine rings is 1. The van der Waals surface area contributed by atoms with E-state index < -0.39 is 0 Å². The van der Waals surface area contributed by atoms with E-state index in [4.69, 9.17) is 0 Å². The summed E-state index contributed by atoms with van der Waals surface area (Å²) in [7, 11) is 2.00. The highest BCUT2D eigenvalue weighted by Crippen LogP contribution is 2.42. The van der Waals surface area contributed by atoms with Crippen LogP contribution in [-0.4, -0.2) is 39.6 Å². The van der Waals surface area contributed by atoms with Crippen LogP contribution in [0.3, 0.4) is 0 Å². The van der Waals surface area contributed by atoms with Gasteiger partial charge in [-0.15, -0.1) is 10.2 Å². The van der Waals surface area contributed by atoms with Crippen molar-refractivity contribution in [3.63, 3.8) is 0 Å². The Hall–Kier alpha value is -1.86. The second-order valence-corrected chi connectivity index (χ2v) is 6.94. The number of nitrogens with one attached hydrogen (secondary N) is 1. The van der Waals surface area contributed by atoms with E-state index >= 15 is 0 Å². The summed E-state index contributed by atoms with van der Waals surface area (Å²) in [6.07, 6.45) is 4.60. The second kappa shape index (κ2) is 7.14. The minimum atomic E-state index is -0.0245. The summed E-state index contributed by atoms with van der Waals surface area (Å²) in [4.78, 5) is 18.5. The fourth-order valence-corrected chi connectivity index (χ4v) is 3.21. The highest BCUT2D eigenvalue weighted by Gasteiger charge is 2.27. The molecule has 0 radical (unpaired) electrons. The summed E-state index contributed by atoms with van der Waals surface area (Å²) in [5.41, 5.74) is 1.01. The zero-order chi connectivity index (χ0) is 16.2. The molecule has 3 rings (SSSR count). The van der Waals surface area contributed by atoms with Gasteiger partial charge < -0.3 is 5.32 Å². The van der Waals surface area contributed by atoms with Crippen molar-refractivity contribution < 1.29 is 4.79 Å². The van der Waals surface area contributed by atoms with Gasteiger partial charge in [-0.05, 0) is 38.9 Å². The number of rotatable bonds is 7. The van der Waals surface area contributed by atoms with Crippen LogP contribution in [0.15, 0.2) is 24.4 Å². The van der Waals surface area contributed by atoms with Crippen molar-refractivity contribution in [3.05, 3.63) is 35.1 Å². The standard InChI is InChI=1S/C16H21N5OS/c1-11(13-5-3-4-9-17-13)21(2)10-8-14(22)18-16-20-19-15(23-16)12-6-7-12/h3-5,9,11-12H,6-8,10H2,1-2H3,(H,18,20,22). The van der Waals surface area contributed by atoms with Crippen LogP contribution >= 0.6 is 11.3 Å². The van der Waals surface area contributed by atoms with E-state index in [2.05, 4.69) is 32.3 Å². The van der Waals surface area contributed by atoms with Crippen molar-refractivity contribution in [3.8, 4) is 0 Å². The van der Waals surface area contributed by atoms with Gasteiger partial charge in [0.2, 0.25) is 11.0 Å². The molecule has 7 heteroatoms. The van der Waals surface area contributed by atoms with Crippen molar-refractivity contribution in [2.75, 3.05) is 18.9 Å². The van der Waals surface area contributed by atoms with Gasteiger partial charge in [-0.25, -0.2) is 0 Å². The minimum Gasteiger partial charge on any atom is -0.300 e. The number of hydrogen-bond acceptors (Lipinski definition) is 6. The molecule has 1 amide bonds. The first-order chi connectivity index (χ1) is 11.1. The molecule has 1 fully saturated rings. The van der Waals surface area contributed by atoms with E-state index in [0.29, 0.717) is 24.0 Å². The largest absolute Gasteiger partial charge is 0.300 e. The van der Waals surface area contributed by atoms with Crippen LogP contribution in [0.25, 0.3) is 0 Å². The molecule has 2 heterocycles. The highest BCUT2D eigenvalue weighted by atomic mass is 32.1. The molecule has 6 nitrogen and oxygen atoms in total. The molecular formula is C16H21N5OS. The van der Waals surface area contributed by atoms with E-state index in [1.165, 1.54) is 24.2 Å². The van der Waals surface area contributed by atoms with Crippen LogP contribution in [0, 0.1) is 0 Å². The Morgan fingerprint density at radius 1 is 1.43 bits per heavy atom. The van der Waals surface area contributed by atoms with Crippen LogP contribution in [-0.2, 0) is 4.79 Å². The lowest BCUT2D eigenvalue weighted by Crippen LogP contribution is -2.27. The SMILES string of the molecule is CC(c1ccccn1)N(C)CCC(=O)Nc1nnc(C2CC2)s1. The van der Waals surface area contributed by atoms with E-state index in [1.54, 1.807) is 6.20 Å². The Morgan fingerprint density at radius 3 is 2.96 bits per heavy atom. The third kappa shape index (κ3) is 4.33. The zero-order valence-electron chi connectivity index (χ0n) is 13.4. The van der Waals surface area contributed by atoms with Gasteiger partial charge in [-0.3, -0.25) is 14.7 Å². The molecule has 2 aromatic rings. The predicted molar refractivity (Wildman–Crippen MR) is 90.4 cm³/mol. The smallest absolute Gasteiger partial charge is 0.227 e. The molecule has 0 aliphatic heterocycles. The lowest BCUT2D eigenvalue weighted by Gasteiger charge is -2.23. The van der Waals surface area contributed by atoms with E-state index in [0.717, 1.165) is 10.7 Å². The maximum atomic E-state index is 12.1. The average molecular weight is 331 g/mol. The maximum absolute atomic E-state index is 12.1. The molecule has 0 spiro atoms. The summed E-state index contributed by atoms with van der Waals surface area (Å²) < 4.78 is 0. The van der Waals surface area contributed by atoms with Gasteiger partial charge in [0, 0.05) is 31.1 Å². The predicted octanol–water partition coefficient (Wildman–Crippen LogP) is 2.83. The number of aromatic nitrogens is 3. The molecule has 1 aliphatic carbocycles. The minimum absolute atomic E-state index is 0.0245. The summed E-state index contributed by atoms with van der Waals surface area (Å²) in [5.74, 6) is 0.548. The third-order valence-electron chi connectivity index (χ3n) is 4.08. The summed E-state index contributed by atoms with van der Waals surface area (Å²) in [5, 5.41) is 12.7. The molecule has 2 aromatic heterocycles. The van der Waals surface area contributed by atoms with Gasteiger partial charge in [0.25, 0.3) is 0 Å². The van der Waals surface area contributed by atoms with Crippen molar-refractivity contribution in [2.45, 2.75) is 38.1 Å². The molecule has 122 valence electrons. The van der Waals surface area contributed by atoms with Gasteiger partial charge in [0.05, 0.1) is 5.69 Å². The topological polar surface area (TPSA) is 71.0 Å². The molecule has 1 unspecified atom stereocenters. The summed E-state index contributed by atoms with van der Waals surface area (Å²) >= 11 is 1.49. The van der Waals surface area contributed by atoms with Crippen LogP contribution in [0.5, 0.6) is 0 Å². The number of nitrogens with zero attached hydrogens (tertiary/aromatic N) is 4. The second-order valence-electron chi connectivity index (χ2n) is 5.93. The van der Waals surface area contributed by atoms with Gasteiger partial charge in [0.1, 0.15) is 5.01 Å². The molecule has 23 heavy (non-hydrogen) atoms. The van der Waals surface area contributed by atoms with Crippen LogP contribution in [0.1, 0.15) is 48.8 Å². The quantitative estimate of drug-likeness (QED) is 0.845. The monoisotopic (exact) mass is 331 g/mol. The zero-order valence-corrected chi connectivity index (χ0v) is 14.2. The van der Waals surface area contributed by atoms with Crippen LogP contribution in [0.4, 0.5) is 5.13 Å². The molecule has 0 aromatic carbocycles. The molecule has 0 bridgehead atoms. The van der Waals surface area contributed by atoms with Crippen LogP contribution in [0.2, 0.25) is 0 Å². The third-order valence-corrected chi connectivity index (χ3v) is 5.08. The van der Waals surface area contributed by atoms with Crippen molar-refractivity contribution in [1.29, 1.82) is 0 Å². The summed E-state index contributed by atoms with van der Waals surface area (Å²) in [6.45, 7) is 2.75. The number of amides is 1. The van der Waals surface area contributed by atoms with Gasteiger partial charge in [0.15, 0.2) is 0 Å². The molecule has 1 atom stereocenters. The number of hydrogen-bond donors (Lipinski definition) is 1. The lowest BCUT2D eigenvalue weighted by atomic mass is 10.2. The summed E-state index contributed by atoms with van der Waals surface area (Å²) in [6, 6.07) is 6.06. The van der Waals surface area contributed by atoms with E-state index in [1.807, 2.05) is 25.2 Å². The van der Waals surface area contributed by atoms with Crippen molar-refractivity contribution in [1.82, 2.24) is 20.1 Å². The first-order valence-electron chi connectivity index (χ1n) is 7.88. The fourth-order valence-electron chi connectivity index (χ4n) is 2.28. The number of carbonyl (C=O) groups excluding carboxylic acids is 1. The molecular weight excluding hydrogens is 310 g/mol. The Bertz CT molecular complexity index is 656. The molecule has 1 aliphatic rings. The van der Waals surface area contributed by atoms with Gasteiger partial charge in [-0.1, -0.05) is 17.4 Å². The maximum Gasteiger partial charge on any atom is 0.227 e. The van der Waals surface area contributed by atoms with E-state index in [-0.39, 0.29) is 11.9 Å². The van der Waals surface area contributed by atoms with Crippen molar-refractivity contribution in [2.24, 2.45) is 0 Å². The molecule has 0 saturated heterocycles. The first kappa shape index (κ1) is 16.0. The Kier molecular flexibility index (Phi) is 4.97. The van der Waals surface area contributed by atoms with Crippen molar-refractivity contribution >= 4 is 22.4 Å². The first-order valence-corrected chi connectivity index (χ1v) is 8.69. The Labute approximate surface area is 140 Å². The lowest BCUT2D eigenvalue weighted by molar-refractivity contribution is -0.116. The highest BCUT2D eigenvalue weighted by molar-refractivity contribution is 7.15. The van der Waals surface area contributed by atoms with E-state index in [9.17, 15) is 4.79 Å². The Morgan fingerprint density at radius 2 is 2.26 bits per heavy atom. The van der Waals surface area contributed by atoms with Gasteiger partial charge >= 0.3 is 0 Å². The normalized spacial score (nSPS) is 15.6. The number of carbonyl (C=O) groups is 1. The molecule has 1 saturated carbocycles. The van der Waals surface area contributed by atoms with Gasteiger partial charge in [-0.2, -0.15) is 0 Å². The Balaban J connectivity index is 1.46. The fraction of sp³-hybridized carbons (Fsp3) is 0.500. The molecule has 1 N–H and O–H groups in total. The average Bonchev–Trinajstić information content (AvgIpc) is 3.33.